The summed E-state index contributed by atoms with van der Waals surface area (Å²) in [5.41, 5.74) is -0.0364. The zero-order valence-corrected chi connectivity index (χ0v) is 10.2. The van der Waals surface area contributed by atoms with Crippen molar-refractivity contribution < 1.29 is 9.72 Å². The molecular weight excluding hydrogens is 234 g/mol. The van der Waals surface area contributed by atoms with Crippen LogP contribution in [0.5, 0.6) is 0 Å². The van der Waals surface area contributed by atoms with Gasteiger partial charge in [-0.25, -0.2) is 4.98 Å². The van der Waals surface area contributed by atoms with Gasteiger partial charge in [0.1, 0.15) is 0 Å². The largest absolute Gasteiger partial charge is 0.341 e. The summed E-state index contributed by atoms with van der Waals surface area (Å²) in [6.45, 7) is 2.17. The molecule has 1 aromatic rings. The van der Waals surface area contributed by atoms with Crippen LogP contribution in [0.1, 0.15) is 26.2 Å². The Hall–Kier alpha value is -1.98. The highest BCUT2D eigenvalue weighted by molar-refractivity contribution is 5.85. The van der Waals surface area contributed by atoms with E-state index in [0.29, 0.717) is 12.4 Å². The van der Waals surface area contributed by atoms with Gasteiger partial charge in [-0.05, 0) is 32.3 Å². The Morgan fingerprint density at radius 1 is 1.56 bits per heavy atom. The van der Waals surface area contributed by atoms with Gasteiger partial charge in [0.25, 0.3) is 0 Å². The molecular formula is C12H15N3O3. The number of anilines is 1. The molecule has 2 rings (SSSR count). The maximum Gasteiger partial charge on any atom is 0.311 e. The lowest BCUT2D eigenvalue weighted by Crippen LogP contribution is -2.44. The Kier molecular flexibility index (Phi) is 3.55. The van der Waals surface area contributed by atoms with E-state index in [2.05, 4.69) is 4.98 Å². The second-order valence-electron chi connectivity index (χ2n) is 4.42. The summed E-state index contributed by atoms with van der Waals surface area (Å²) in [4.78, 5) is 28.0. The summed E-state index contributed by atoms with van der Waals surface area (Å²) in [5.74, 6) is 0.344. The highest BCUT2D eigenvalue weighted by Gasteiger charge is 2.31. The predicted molar refractivity (Wildman–Crippen MR) is 66.6 cm³/mol. The van der Waals surface area contributed by atoms with E-state index >= 15 is 0 Å². The molecule has 0 N–H and O–H groups in total. The third kappa shape index (κ3) is 2.32. The molecule has 0 bridgehead atoms. The SMILES string of the molecule is CC(=O)C1CCCCN1c1ncccc1[N+](=O)[O-]. The topological polar surface area (TPSA) is 76.3 Å². The van der Waals surface area contributed by atoms with E-state index in [1.807, 2.05) is 0 Å². The van der Waals surface area contributed by atoms with Gasteiger partial charge in [0, 0.05) is 18.8 Å². The van der Waals surface area contributed by atoms with Gasteiger partial charge in [0.2, 0.25) is 5.82 Å². The van der Waals surface area contributed by atoms with E-state index in [1.54, 1.807) is 4.90 Å². The molecule has 96 valence electrons. The Bertz CT molecular complexity index is 475. The molecule has 0 amide bonds. The molecule has 2 heterocycles. The van der Waals surface area contributed by atoms with E-state index in [1.165, 1.54) is 25.3 Å². The Balaban J connectivity index is 2.39. The standard InChI is InChI=1S/C12H15N3O3/c1-9(16)10-5-2-3-8-14(10)12-11(15(17)18)6-4-7-13-12/h4,6-7,10H,2-3,5,8H2,1H3. The summed E-state index contributed by atoms with van der Waals surface area (Å²) in [6, 6.07) is 2.68. The number of pyridine rings is 1. The highest BCUT2D eigenvalue weighted by atomic mass is 16.6. The number of piperidine rings is 1. The summed E-state index contributed by atoms with van der Waals surface area (Å²) in [6.07, 6.45) is 4.16. The second kappa shape index (κ2) is 5.12. The third-order valence-corrected chi connectivity index (χ3v) is 3.21. The van der Waals surface area contributed by atoms with Crippen LogP contribution in [0.25, 0.3) is 0 Å². The molecule has 0 spiro atoms. The zero-order valence-electron chi connectivity index (χ0n) is 10.2. The van der Waals surface area contributed by atoms with Crippen molar-refractivity contribution in [2.45, 2.75) is 32.2 Å². The minimum atomic E-state index is -0.450. The van der Waals surface area contributed by atoms with Crippen LogP contribution in [0.3, 0.4) is 0 Å². The molecule has 1 unspecified atom stereocenters. The third-order valence-electron chi connectivity index (χ3n) is 3.21. The van der Waals surface area contributed by atoms with Crippen molar-refractivity contribution in [3.8, 4) is 0 Å². The van der Waals surface area contributed by atoms with Crippen LogP contribution in [0.2, 0.25) is 0 Å². The van der Waals surface area contributed by atoms with Crippen LogP contribution in [0.4, 0.5) is 11.5 Å². The summed E-state index contributed by atoms with van der Waals surface area (Å²) in [5, 5.41) is 11.0. The predicted octanol–water partition coefficient (Wildman–Crippen LogP) is 1.94. The smallest absolute Gasteiger partial charge is 0.311 e. The molecule has 1 atom stereocenters. The van der Waals surface area contributed by atoms with E-state index in [-0.39, 0.29) is 17.5 Å². The molecule has 0 aliphatic carbocycles. The molecule has 1 aliphatic rings. The average Bonchev–Trinajstić information content (AvgIpc) is 2.38. The van der Waals surface area contributed by atoms with Crippen molar-refractivity contribution in [3.05, 3.63) is 28.4 Å². The first-order chi connectivity index (χ1) is 8.61. The summed E-state index contributed by atoms with van der Waals surface area (Å²) in [7, 11) is 0. The van der Waals surface area contributed by atoms with Crippen LogP contribution >= 0.6 is 0 Å². The molecule has 1 fully saturated rings. The Morgan fingerprint density at radius 3 is 3.00 bits per heavy atom. The van der Waals surface area contributed by atoms with Gasteiger partial charge >= 0.3 is 5.69 Å². The van der Waals surface area contributed by atoms with Gasteiger partial charge in [-0.1, -0.05) is 0 Å². The fraction of sp³-hybridized carbons (Fsp3) is 0.500. The van der Waals surface area contributed by atoms with Gasteiger partial charge in [0.05, 0.1) is 11.0 Å². The van der Waals surface area contributed by atoms with E-state index in [4.69, 9.17) is 0 Å². The number of aromatic nitrogens is 1. The minimum absolute atomic E-state index is 0.0364. The number of rotatable bonds is 3. The van der Waals surface area contributed by atoms with Gasteiger partial charge in [-0.2, -0.15) is 0 Å². The Morgan fingerprint density at radius 2 is 2.33 bits per heavy atom. The first-order valence-electron chi connectivity index (χ1n) is 5.97. The number of hydrogen-bond acceptors (Lipinski definition) is 5. The fourth-order valence-electron chi connectivity index (χ4n) is 2.36. The average molecular weight is 249 g/mol. The van der Waals surface area contributed by atoms with Gasteiger partial charge in [-0.3, -0.25) is 14.9 Å². The van der Waals surface area contributed by atoms with Crippen LogP contribution in [-0.4, -0.2) is 28.3 Å². The number of carbonyl (C=O) groups excluding carboxylic acids is 1. The van der Waals surface area contributed by atoms with E-state index in [0.717, 1.165) is 19.3 Å². The Labute approximate surface area is 105 Å². The van der Waals surface area contributed by atoms with Crippen molar-refractivity contribution in [1.29, 1.82) is 0 Å². The quantitative estimate of drug-likeness (QED) is 0.604. The number of nitrogens with zero attached hydrogens (tertiary/aromatic N) is 3. The van der Waals surface area contributed by atoms with Crippen LogP contribution in [0, 0.1) is 10.1 Å². The zero-order chi connectivity index (χ0) is 13.1. The minimum Gasteiger partial charge on any atom is -0.341 e. The molecule has 6 nitrogen and oxygen atoms in total. The number of carbonyl (C=O) groups is 1. The van der Waals surface area contributed by atoms with Crippen molar-refractivity contribution in [2.24, 2.45) is 0 Å². The van der Waals surface area contributed by atoms with Gasteiger partial charge in [0.15, 0.2) is 5.78 Å². The van der Waals surface area contributed by atoms with Gasteiger partial charge < -0.3 is 4.90 Å². The highest BCUT2D eigenvalue weighted by Crippen LogP contribution is 2.30. The number of ketones is 1. The summed E-state index contributed by atoms with van der Waals surface area (Å²) < 4.78 is 0. The van der Waals surface area contributed by atoms with E-state index < -0.39 is 4.92 Å². The van der Waals surface area contributed by atoms with E-state index in [9.17, 15) is 14.9 Å². The molecule has 18 heavy (non-hydrogen) atoms. The maximum absolute atomic E-state index is 11.6. The molecule has 0 saturated carbocycles. The lowest BCUT2D eigenvalue weighted by Gasteiger charge is -2.34. The lowest BCUT2D eigenvalue weighted by atomic mass is 9.99. The molecule has 1 saturated heterocycles. The number of hydrogen-bond donors (Lipinski definition) is 0. The molecule has 1 aliphatic heterocycles. The molecule has 6 heteroatoms. The monoisotopic (exact) mass is 249 g/mol. The first-order valence-corrected chi connectivity index (χ1v) is 5.97. The second-order valence-corrected chi connectivity index (χ2v) is 4.42. The molecule has 0 aromatic carbocycles. The maximum atomic E-state index is 11.6. The normalized spacial score (nSPS) is 19.6. The summed E-state index contributed by atoms with van der Waals surface area (Å²) >= 11 is 0. The first kappa shape index (κ1) is 12.5. The van der Waals surface area contributed by atoms with Crippen molar-refractivity contribution >= 4 is 17.3 Å². The van der Waals surface area contributed by atoms with Crippen LogP contribution < -0.4 is 4.90 Å². The molecule has 1 aromatic heterocycles. The van der Waals surface area contributed by atoms with Crippen molar-refractivity contribution in [2.75, 3.05) is 11.4 Å². The van der Waals surface area contributed by atoms with Crippen molar-refractivity contribution in [3.63, 3.8) is 0 Å². The van der Waals surface area contributed by atoms with Crippen LogP contribution in [0.15, 0.2) is 18.3 Å². The fourth-order valence-corrected chi connectivity index (χ4v) is 2.36. The van der Waals surface area contributed by atoms with Crippen LogP contribution in [-0.2, 0) is 4.79 Å². The van der Waals surface area contributed by atoms with Gasteiger partial charge in [-0.15, -0.1) is 0 Å². The molecule has 0 radical (unpaired) electrons. The number of nitro groups is 1. The number of Topliss-reactive ketones (excluding diaryl/α,β-unsaturated/α-hetero) is 1. The van der Waals surface area contributed by atoms with Crippen molar-refractivity contribution in [1.82, 2.24) is 4.98 Å². The lowest BCUT2D eigenvalue weighted by molar-refractivity contribution is -0.384.